The van der Waals surface area contributed by atoms with Crippen LogP contribution in [0.25, 0.3) is 10.8 Å². The molecule has 0 aliphatic heterocycles. The fourth-order valence-electron chi connectivity index (χ4n) is 2.67. The molecule has 1 amide bonds. The Labute approximate surface area is 145 Å². The SMILES string of the molecule is COC(=O)[C@@H](Cc1ccc2ccccc2c1)NC(=O)c1ccccn1. The summed E-state index contributed by atoms with van der Waals surface area (Å²) in [6.45, 7) is 0. The fourth-order valence-corrected chi connectivity index (χ4v) is 2.67. The molecule has 0 saturated heterocycles. The highest BCUT2D eigenvalue weighted by molar-refractivity contribution is 5.95. The lowest BCUT2D eigenvalue weighted by molar-refractivity contribution is -0.142. The van der Waals surface area contributed by atoms with Gasteiger partial charge in [0.25, 0.3) is 5.91 Å². The molecule has 1 atom stereocenters. The van der Waals surface area contributed by atoms with E-state index in [9.17, 15) is 9.59 Å². The molecule has 5 heteroatoms. The molecule has 5 nitrogen and oxygen atoms in total. The Morgan fingerprint density at radius 2 is 1.80 bits per heavy atom. The van der Waals surface area contributed by atoms with Crippen molar-refractivity contribution < 1.29 is 14.3 Å². The number of rotatable bonds is 5. The minimum Gasteiger partial charge on any atom is -0.467 e. The first-order valence-electron chi connectivity index (χ1n) is 7.95. The highest BCUT2D eigenvalue weighted by Crippen LogP contribution is 2.17. The Balaban J connectivity index is 1.80. The number of methoxy groups -OCH3 is 1. The van der Waals surface area contributed by atoms with Crippen molar-refractivity contribution in [1.82, 2.24) is 10.3 Å². The number of aromatic nitrogens is 1. The predicted molar refractivity (Wildman–Crippen MR) is 95.2 cm³/mol. The molecule has 3 rings (SSSR count). The van der Waals surface area contributed by atoms with Gasteiger partial charge in [-0.1, -0.05) is 48.5 Å². The van der Waals surface area contributed by atoms with E-state index in [2.05, 4.69) is 10.3 Å². The van der Waals surface area contributed by atoms with Crippen LogP contribution in [-0.2, 0) is 16.0 Å². The minimum absolute atomic E-state index is 0.259. The van der Waals surface area contributed by atoms with Crippen LogP contribution < -0.4 is 5.32 Å². The monoisotopic (exact) mass is 334 g/mol. The zero-order valence-corrected chi connectivity index (χ0v) is 13.8. The molecule has 126 valence electrons. The van der Waals surface area contributed by atoms with Gasteiger partial charge in [-0.05, 0) is 28.5 Å². The van der Waals surface area contributed by atoms with Crippen LogP contribution in [0.15, 0.2) is 66.9 Å². The largest absolute Gasteiger partial charge is 0.467 e. The summed E-state index contributed by atoms with van der Waals surface area (Å²) in [5, 5.41) is 4.91. The smallest absolute Gasteiger partial charge is 0.328 e. The predicted octanol–water partition coefficient (Wildman–Crippen LogP) is 2.75. The minimum atomic E-state index is -0.777. The van der Waals surface area contributed by atoms with Gasteiger partial charge in [0, 0.05) is 12.6 Å². The maximum absolute atomic E-state index is 12.3. The summed E-state index contributed by atoms with van der Waals surface area (Å²) < 4.78 is 4.83. The second kappa shape index (κ2) is 7.57. The van der Waals surface area contributed by atoms with Gasteiger partial charge in [0.15, 0.2) is 0 Å². The Morgan fingerprint density at radius 3 is 2.52 bits per heavy atom. The van der Waals surface area contributed by atoms with E-state index in [-0.39, 0.29) is 5.69 Å². The summed E-state index contributed by atoms with van der Waals surface area (Å²) in [6.07, 6.45) is 1.88. The van der Waals surface area contributed by atoms with E-state index in [1.807, 2.05) is 42.5 Å². The van der Waals surface area contributed by atoms with Crippen LogP contribution in [0.3, 0.4) is 0 Å². The van der Waals surface area contributed by atoms with Crippen molar-refractivity contribution in [3.8, 4) is 0 Å². The number of carbonyl (C=O) groups excluding carboxylic acids is 2. The van der Waals surface area contributed by atoms with Gasteiger partial charge >= 0.3 is 5.97 Å². The first-order chi connectivity index (χ1) is 12.2. The molecule has 0 saturated carbocycles. The molecule has 3 aromatic rings. The van der Waals surface area contributed by atoms with Crippen molar-refractivity contribution in [3.63, 3.8) is 0 Å². The summed E-state index contributed by atoms with van der Waals surface area (Å²) >= 11 is 0. The molecule has 0 spiro atoms. The third-order valence-electron chi connectivity index (χ3n) is 3.94. The molecule has 0 aliphatic carbocycles. The Hall–Kier alpha value is -3.21. The second-order valence-corrected chi connectivity index (χ2v) is 5.65. The lowest BCUT2D eigenvalue weighted by atomic mass is 10.0. The van der Waals surface area contributed by atoms with E-state index < -0.39 is 17.9 Å². The number of nitrogens with one attached hydrogen (secondary N) is 1. The fraction of sp³-hybridized carbons (Fsp3) is 0.150. The zero-order chi connectivity index (χ0) is 17.6. The van der Waals surface area contributed by atoms with Crippen molar-refractivity contribution >= 4 is 22.6 Å². The lowest BCUT2D eigenvalue weighted by Gasteiger charge is -2.16. The average Bonchev–Trinajstić information content (AvgIpc) is 2.67. The number of nitrogens with zero attached hydrogens (tertiary/aromatic N) is 1. The summed E-state index contributed by atoms with van der Waals surface area (Å²) in [4.78, 5) is 28.4. The number of hydrogen-bond donors (Lipinski definition) is 1. The molecule has 0 unspecified atom stereocenters. The van der Waals surface area contributed by atoms with Crippen LogP contribution in [0.5, 0.6) is 0 Å². The van der Waals surface area contributed by atoms with Gasteiger partial charge in [-0.3, -0.25) is 9.78 Å². The summed E-state index contributed by atoms with van der Waals surface area (Å²) in [6, 6.07) is 18.2. The molecule has 0 bridgehead atoms. The Bertz CT molecular complexity index is 894. The van der Waals surface area contributed by atoms with E-state index in [1.54, 1.807) is 18.2 Å². The van der Waals surface area contributed by atoms with Crippen molar-refractivity contribution in [1.29, 1.82) is 0 Å². The number of fused-ring (bicyclic) bond motifs is 1. The van der Waals surface area contributed by atoms with E-state index in [0.717, 1.165) is 16.3 Å². The zero-order valence-electron chi connectivity index (χ0n) is 13.8. The molecule has 1 N–H and O–H groups in total. The van der Waals surface area contributed by atoms with Gasteiger partial charge < -0.3 is 10.1 Å². The van der Waals surface area contributed by atoms with E-state index in [4.69, 9.17) is 4.74 Å². The first kappa shape index (κ1) is 16.6. The highest BCUT2D eigenvalue weighted by Gasteiger charge is 2.23. The topological polar surface area (TPSA) is 68.3 Å². The number of amides is 1. The van der Waals surface area contributed by atoms with Gasteiger partial charge in [-0.2, -0.15) is 0 Å². The van der Waals surface area contributed by atoms with Crippen LogP contribution >= 0.6 is 0 Å². The number of esters is 1. The third kappa shape index (κ3) is 4.01. The van der Waals surface area contributed by atoms with Crippen LogP contribution in [0, 0.1) is 0 Å². The van der Waals surface area contributed by atoms with Crippen molar-refractivity contribution in [2.75, 3.05) is 7.11 Å². The average molecular weight is 334 g/mol. The number of benzene rings is 2. The standard InChI is InChI=1S/C20H18N2O3/c1-25-20(24)18(22-19(23)17-8-4-5-11-21-17)13-14-9-10-15-6-2-3-7-16(15)12-14/h2-12,18H,13H2,1H3,(H,22,23)/t18-/m1/s1. The molecular weight excluding hydrogens is 316 g/mol. The summed E-state index contributed by atoms with van der Waals surface area (Å²) in [5.74, 6) is -0.894. The normalized spacial score (nSPS) is 11.7. The Kier molecular flexibility index (Phi) is 5.04. The molecule has 0 fully saturated rings. The first-order valence-corrected chi connectivity index (χ1v) is 7.95. The van der Waals surface area contributed by atoms with Crippen LogP contribution in [0.1, 0.15) is 16.1 Å². The van der Waals surface area contributed by atoms with Gasteiger partial charge in [-0.25, -0.2) is 4.79 Å². The van der Waals surface area contributed by atoms with Crippen LogP contribution in [-0.4, -0.2) is 30.0 Å². The quantitative estimate of drug-likeness (QED) is 0.729. The molecule has 1 aromatic heterocycles. The van der Waals surface area contributed by atoms with Crippen LogP contribution in [0.2, 0.25) is 0 Å². The molecule has 2 aromatic carbocycles. The van der Waals surface area contributed by atoms with Crippen molar-refractivity contribution in [2.24, 2.45) is 0 Å². The van der Waals surface area contributed by atoms with Gasteiger partial charge in [0.2, 0.25) is 0 Å². The summed E-state index contributed by atoms with van der Waals surface area (Å²) in [5.41, 5.74) is 1.20. The van der Waals surface area contributed by atoms with Crippen molar-refractivity contribution in [2.45, 2.75) is 12.5 Å². The number of hydrogen-bond acceptors (Lipinski definition) is 4. The lowest BCUT2D eigenvalue weighted by Crippen LogP contribution is -2.43. The van der Waals surface area contributed by atoms with Crippen molar-refractivity contribution in [3.05, 3.63) is 78.1 Å². The van der Waals surface area contributed by atoms with Crippen LogP contribution in [0.4, 0.5) is 0 Å². The molecule has 1 heterocycles. The van der Waals surface area contributed by atoms with E-state index in [0.29, 0.717) is 6.42 Å². The van der Waals surface area contributed by atoms with Gasteiger partial charge in [-0.15, -0.1) is 0 Å². The molecule has 25 heavy (non-hydrogen) atoms. The second-order valence-electron chi connectivity index (χ2n) is 5.65. The maximum atomic E-state index is 12.3. The third-order valence-corrected chi connectivity index (χ3v) is 3.94. The maximum Gasteiger partial charge on any atom is 0.328 e. The van der Waals surface area contributed by atoms with E-state index in [1.165, 1.54) is 13.3 Å². The van der Waals surface area contributed by atoms with Gasteiger partial charge in [0.1, 0.15) is 11.7 Å². The number of pyridine rings is 1. The number of ether oxygens (including phenoxy) is 1. The summed E-state index contributed by atoms with van der Waals surface area (Å²) in [7, 11) is 1.31. The van der Waals surface area contributed by atoms with Gasteiger partial charge in [0.05, 0.1) is 7.11 Å². The number of carbonyl (C=O) groups is 2. The molecular formula is C20H18N2O3. The Morgan fingerprint density at radius 1 is 1.04 bits per heavy atom. The highest BCUT2D eigenvalue weighted by atomic mass is 16.5. The van der Waals surface area contributed by atoms with E-state index >= 15 is 0 Å². The molecule has 0 radical (unpaired) electrons. The molecule has 0 aliphatic rings.